The zero-order valence-electron chi connectivity index (χ0n) is 8.78. The van der Waals surface area contributed by atoms with Crippen molar-refractivity contribution in [2.75, 3.05) is 11.9 Å². The molecule has 1 N–H and O–H groups in total. The Balaban J connectivity index is 1.86. The van der Waals surface area contributed by atoms with E-state index in [1.54, 1.807) is 18.3 Å². The van der Waals surface area contributed by atoms with Gasteiger partial charge in [0, 0.05) is 18.5 Å². The van der Waals surface area contributed by atoms with E-state index in [2.05, 4.69) is 10.3 Å². The van der Waals surface area contributed by atoms with Crippen LogP contribution in [0.4, 0.5) is 5.69 Å². The van der Waals surface area contributed by atoms with Gasteiger partial charge in [-0.3, -0.25) is 4.79 Å². The number of hydrogen-bond donors (Lipinski definition) is 1. The Bertz CT molecular complexity index is 378. The van der Waals surface area contributed by atoms with Gasteiger partial charge in [0.2, 0.25) is 5.91 Å². The fourth-order valence-corrected chi connectivity index (χ4v) is 1.88. The van der Waals surface area contributed by atoms with Crippen LogP contribution < -0.4 is 5.32 Å². The highest BCUT2D eigenvalue weighted by Gasteiger charge is 2.18. The predicted octanol–water partition coefficient (Wildman–Crippen LogP) is 2.24. The van der Waals surface area contributed by atoms with E-state index in [1.807, 2.05) is 0 Å². The first kappa shape index (κ1) is 11.4. The number of ether oxygens (including phenoxy) is 1. The second kappa shape index (κ2) is 5.27. The molecule has 1 aromatic rings. The normalized spacial score (nSPS) is 19.7. The summed E-state index contributed by atoms with van der Waals surface area (Å²) in [5.74, 6) is -0.0471. The number of aromatic nitrogens is 1. The summed E-state index contributed by atoms with van der Waals surface area (Å²) < 4.78 is 5.39. The second-order valence-electron chi connectivity index (χ2n) is 3.75. The van der Waals surface area contributed by atoms with E-state index < -0.39 is 0 Å². The third kappa shape index (κ3) is 3.18. The number of carbonyl (C=O) groups is 1. The minimum absolute atomic E-state index is 0.0471. The van der Waals surface area contributed by atoms with Gasteiger partial charge in [-0.15, -0.1) is 0 Å². The Morgan fingerprint density at radius 3 is 3.25 bits per heavy atom. The van der Waals surface area contributed by atoms with Gasteiger partial charge in [-0.2, -0.15) is 0 Å². The Kier molecular flexibility index (Phi) is 3.74. The summed E-state index contributed by atoms with van der Waals surface area (Å²) in [7, 11) is 0. The van der Waals surface area contributed by atoms with Crippen molar-refractivity contribution < 1.29 is 9.53 Å². The molecule has 1 fully saturated rings. The summed E-state index contributed by atoms with van der Waals surface area (Å²) in [5, 5.41) is 3.14. The lowest BCUT2D eigenvalue weighted by Gasteiger charge is -2.09. The van der Waals surface area contributed by atoms with Crippen LogP contribution in [0.15, 0.2) is 18.3 Å². The van der Waals surface area contributed by atoms with Crippen molar-refractivity contribution in [1.29, 1.82) is 0 Å². The fourth-order valence-electron chi connectivity index (χ4n) is 1.70. The third-order valence-corrected chi connectivity index (χ3v) is 2.65. The fraction of sp³-hybridized carbons (Fsp3) is 0.455. The SMILES string of the molecule is O=C(CC1CCCO1)Nc1ccnc(Cl)c1. The summed E-state index contributed by atoms with van der Waals surface area (Å²) in [6, 6.07) is 3.33. The summed E-state index contributed by atoms with van der Waals surface area (Å²) in [6.07, 6.45) is 4.03. The molecule has 16 heavy (non-hydrogen) atoms. The van der Waals surface area contributed by atoms with Gasteiger partial charge >= 0.3 is 0 Å². The first-order chi connectivity index (χ1) is 7.74. The molecule has 0 radical (unpaired) electrons. The van der Waals surface area contributed by atoms with Crippen LogP contribution in [0.5, 0.6) is 0 Å². The predicted molar refractivity (Wildman–Crippen MR) is 61.5 cm³/mol. The molecule has 1 amide bonds. The molecule has 1 aliphatic rings. The number of nitrogens with one attached hydrogen (secondary N) is 1. The number of anilines is 1. The van der Waals surface area contributed by atoms with E-state index in [0.29, 0.717) is 17.3 Å². The third-order valence-electron chi connectivity index (χ3n) is 2.45. The lowest BCUT2D eigenvalue weighted by atomic mass is 10.2. The molecule has 1 saturated heterocycles. The van der Waals surface area contributed by atoms with Crippen molar-refractivity contribution in [3.63, 3.8) is 0 Å². The molecule has 2 heterocycles. The first-order valence-corrected chi connectivity index (χ1v) is 5.65. The van der Waals surface area contributed by atoms with Crippen molar-refractivity contribution in [2.24, 2.45) is 0 Å². The number of halogens is 1. The van der Waals surface area contributed by atoms with Gasteiger partial charge in [0.1, 0.15) is 5.15 Å². The first-order valence-electron chi connectivity index (χ1n) is 5.27. The molecule has 86 valence electrons. The van der Waals surface area contributed by atoms with Gasteiger partial charge in [0.25, 0.3) is 0 Å². The van der Waals surface area contributed by atoms with Crippen LogP contribution in [0.2, 0.25) is 5.15 Å². The second-order valence-corrected chi connectivity index (χ2v) is 4.14. The van der Waals surface area contributed by atoms with Crippen LogP contribution in [-0.2, 0) is 9.53 Å². The molecule has 1 unspecified atom stereocenters. The summed E-state index contributed by atoms with van der Waals surface area (Å²) in [4.78, 5) is 15.5. The quantitative estimate of drug-likeness (QED) is 0.825. The standard InChI is InChI=1S/C11H13ClN2O2/c12-10-6-8(3-4-13-10)14-11(15)7-9-2-1-5-16-9/h3-4,6,9H,1-2,5,7H2,(H,13,14,15). The summed E-state index contributed by atoms with van der Waals surface area (Å²) >= 11 is 5.71. The van der Waals surface area contributed by atoms with E-state index in [4.69, 9.17) is 16.3 Å². The van der Waals surface area contributed by atoms with Crippen molar-refractivity contribution in [3.8, 4) is 0 Å². The van der Waals surface area contributed by atoms with Crippen LogP contribution in [0, 0.1) is 0 Å². The number of hydrogen-bond acceptors (Lipinski definition) is 3. The number of rotatable bonds is 3. The molecule has 0 spiro atoms. The maximum absolute atomic E-state index is 11.6. The van der Waals surface area contributed by atoms with Crippen LogP contribution in [0.1, 0.15) is 19.3 Å². The average Bonchev–Trinajstić information content (AvgIpc) is 2.70. The minimum Gasteiger partial charge on any atom is -0.378 e. The zero-order chi connectivity index (χ0) is 11.4. The Labute approximate surface area is 99.0 Å². The molecule has 0 aliphatic carbocycles. The number of pyridine rings is 1. The monoisotopic (exact) mass is 240 g/mol. The van der Waals surface area contributed by atoms with Crippen molar-refractivity contribution in [1.82, 2.24) is 4.98 Å². The van der Waals surface area contributed by atoms with Gasteiger partial charge in [-0.05, 0) is 25.0 Å². The molecule has 1 aromatic heterocycles. The van der Waals surface area contributed by atoms with E-state index >= 15 is 0 Å². The molecule has 0 bridgehead atoms. The van der Waals surface area contributed by atoms with Crippen LogP contribution in [0.25, 0.3) is 0 Å². The Morgan fingerprint density at radius 1 is 1.69 bits per heavy atom. The maximum atomic E-state index is 11.6. The highest BCUT2D eigenvalue weighted by Crippen LogP contribution is 2.17. The highest BCUT2D eigenvalue weighted by atomic mass is 35.5. The van der Waals surface area contributed by atoms with Gasteiger partial charge in [0.05, 0.1) is 12.5 Å². The minimum atomic E-state index is -0.0471. The van der Waals surface area contributed by atoms with Crippen LogP contribution >= 0.6 is 11.6 Å². The van der Waals surface area contributed by atoms with E-state index in [0.717, 1.165) is 19.4 Å². The number of nitrogens with zero attached hydrogens (tertiary/aromatic N) is 1. The molecule has 4 nitrogen and oxygen atoms in total. The number of amides is 1. The van der Waals surface area contributed by atoms with E-state index in [-0.39, 0.29) is 12.0 Å². The van der Waals surface area contributed by atoms with E-state index in [9.17, 15) is 4.79 Å². The lowest BCUT2D eigenvalue weighted by molar-refractivity contribution is -0.118. The average molecular weight is 241 g/mol. The van der Waals surface area contributed by atoms with Crippen LogP contribution in [-0.4, -0.2) is 23.6 Å². The van der Waals surface area contributed by atoms with Crippen LogP contribution in [0.3, 0.4) is 0 Å². The molecule has 1 aliphatic heterocycles. The summed E-state index contributed by atoms with van der Waals surface area (Å²) in [5.41, 5.74) is 0.669. The molecule has 5 heteroatoms. The summed E-state index contributed by atoms with van der Waals surface area (Å²) in [6.45, 7) is 0.763. The van der Waals surface area contributed by atoms with Crippen molar-refractivity contribution >= 4 is 23.2 Å². The lowest BCUT2D eigenvalue weighted by Crippen LogP contribution is -2.19. The topological polar surface area (TPSA) is 51.2 Å². The van der Waals surface area contributed by atoms with Crippen molar-refractivity contribution in [2.45, 2.75) is 25.4 Å². The van der Waals surface area contributed by atoms with Gasteiger partial charge in [0.15, 0.2) is 0 Å². The van der Waals surface area contributed by atoms with Gasteiger partial charge in [-0.25, -0.2) is 4.98 Å². The van der Waals surface area contributed by atoms with E-state index in [1.165, 1.54) is 0 Å². The largest absolute Gasteiger partial charge is 0.378 e. The van der Waals surface area contributed by atoms with Gasteiger partial charge in [-0.1, -0.05) is 11.6 Å². The molecule has 0 aromatic carbocycles. The molecular formula is C11H13ClN2O2. The Morgan fingerprint density at radius 2 is 2.56 bits per heavy atom. The molecule has 0 saturated carbocycles. The molecule has 1 atom stereocenters. The maximum Gasteiger partial charge on any atom is 0.226 e. The highest BCUT2D eigenvalue weighted by molar-refractivity contribution is 6.29. The van der Waals surface area contributed by atoms with Gasteiger partial charge < -0.3 is 10.1 Å². The number of carbonyl (C=O) groups excluding carboxylic acids is 1. The Hall–Kier alpha value is -1.13. The van der Waals surface area contributed by atoms with Crippen molar-refractivity contribution in [3.05, 3.63) is 23.5 Å². The molecule has 2 rings (SSSR count). The smallest absolute Gasteiger partial charge is 0.226 e. The zero-order valence-corrected chi connectivity index (χ0v) is 9.54. The molecular weight excluding hydrogens is 228 g/mol.